The van der Waals surface area contributed by atoms with E-state index in [1.807, 2.05) is 0 Å². The number of nitrogens with one attached hydrogen (secondary N) is 3. The molecule has 106 valence electrons. The summed E-state index contributed by atoms with van der Waals surface area (Å²) in [7, 11) is 3.15. The Morgan fingerprint density at radius 3 is 2.79 bits per heavy atom. The molecule has 0 aliphatic heterocycles. The highest BCUT2D eigenvalue weighted by molar-refractivity contribution is 7.16. The van der Waals surface area contributed by atoms with Crippen molar-refractivity contribution >= 4 is 34.8 Å². The number of amides is 1. The summed E-state index contributed by atoms with van der Waals surface area (Å²) < 4.78 is 0.635. The van der Waals surface area contributed by atoms with Crippen molar-refractivity contribution in [1.82, 2.24) is 16.0 Å². The van der Waals surface area contributed by atoms with Gasteiger partial charge in [0.2, 0.25) is 5.91 Å². The van der Waals surface area contributed by atoms with Crippen LogP contribution in [0.15, 0.2) is 17.1 Å². The Balaban J connectivity index is 2.39. The van der Waals surface area contributed by atoms with E-state index in [0.717, 1.165) is 4.88 Å². The number of halogens is 1. The maximum Gasteiger partial charge on any atom is 0.239 e. The van der Waals surface area contributed by atoms with Gasteiger partial charge >= 0.3 is 0 Å². The molecule has 0 radical (unpaired) electrons. The molecule has 0 fully saturated rings. The summed E-state index contributed by atoms with van der Waals surface area (Å²) in [6, 6.07) is 3.52. The molecule has 8 heteroatoms. The first-order valence-electron chi connectivity index (χ1n) is 5.65. The zero-order chi connectivity index (χ0) is 14.3. The third-order valence-electron chi connectivity index (χ3n) is 2.30. The van der Waals surface area contributed by atoms with Crippen molar-refractivity contribution in [3.05, 3.63) is 21.3 Å². The lowest BCUT2D eigenvalue weighted by atomic mass is 10.3. The second kappa shape index (κ2) is 7.98. The molecular formula is C11H17ClN4O2S. The highest BCUT2D eigenvalue weighted by Gasteiger charge is 2.11. The monoisotopic (exact) mass is 304 g/mol. The van der Waals surface area contributed by atoms with Gasteiger partial charge in [0.1, 0.15) is 6.10 Å². The molecule has 1 aromatic rings. The second-order valence-electron chi connectivity index (χ2n) is 3.64. The van der Waals surface area contributed by atoms with Crippen LogP contribution >= 0.6 is 22.9 Å². The Labute approximate surface area is 120 Å². The standard InChI is InChI=1S/C11H17ClN4O2S/c1-13-10(18)6-16-11(14-2)15-5-7(17)8-3-4-9(12)19-8/h3-4,7,17H,5-6H2,1-2H3,(H,13,18)(H2,14,15,16). The molecule has 0 bridgehead atoms. The summed E-state index contributed by atoms with van der Waals surface area (Å²) >= 11 is 7.13. The van der Waals surface area contributed by atoms with E-state index >= 15 is 0 Å². The van der Waals surface area contributed by atoms with E-state index in [1.165, 1.54) is 11.3 Å². The molecule has 19 heavy (non-hydrogen) atoms. The summed E-state index contributed by atoms with van der Waals surface area (Å²) in [5.74, 6) is 0.304. The third kappa shape index (κ3) is 5.46. The number of likely N-dealkylation sites (N-methyl/N-ethyl adjacent to an activating group) is 1. The lowest BCUT2D eigenvalue weighted by Gasteiger charge is -2.14. The first-order valence-corrected chi connectivity index (χ1v) is 6.84. The number of aliphatic hydroxyl groups excluding tert-OH is 1. The molecule has 1 unspecified atom stereocenters. The number of nitrogens with zero attached hydrogens (tertiary/aromatic N) is 1. The average Bonchev–Trinajstić information content (AvgIpc) is 2.85. The highest BCUT2D eigenvalue weighted by Crippen LogP contribution is 2.26. The summed E-state index contributed by atoms with van der Waals surface area (Å²) in [6.07, 6.45) is -0.670. The van der Waals surface area contributed by atoms with Crippen LogP contribution in [0, 0.1) is 0 Å². The van der Waals surface area contributed by atoms with Gasteiger partial charge in [0.05, 0.1) is 10.9 Å². The minimum absolute atomic E-state index is 0.122. The number of hydrogen-bond acceptors (Lipinski definition) is 4. The van der Waals surface area contributed by atoms with Crippen molar-refractivity contribution in [2.45, 2.75) is 6.10 Å². The molecule has 0 spiro atoms. The van der Waals surface area contributed by atoms with E-state index in [1.54, 1.807) is 26.2 Å². The quantitative estimate of drug-likeness (QED) is 0.467. The van der Waals surface area contributed by atoms with Crippen molar-refractivity contribution in [1.29, 1.82) is 0 Å². The summed E-state index contributed by atoms with van der Waals surface area (Å²) in [5, 5.41) is 18.2. The predicted molar refractivity (Wildman–Crippen MR) is 77.7 cm³/mol. The summed E-state index contributed by atoms with van der Waals surface area (Å²) in [6.45, 7) is 0.404. The molecule has 4 N–H and O–H groups in total. The normalized spacial score (nSPS) is 12.9. The van der Waals surface area contributed by atoms with E-state index in [-0.39, 0.29) is 19.0 Å². The molecule has 0 aliphatic carbocycles. The molecular weight excluding hydrogens is 288 g/mol. The number of carbonyl (C=O) groups excluding carboxylic acids is 1. The van der Waals surface area contributed by atoms with Crippen LogP contribution in [0.5, 0.6) is 0 Å². The zero-order valence-electron chi connectivity index (χ0n) is 10.7. The van der Waals surface area contributed by atoms with Crippen molar-refractivity contribution in [2.24, 2.45) is 4.99 Å². The van der Waals surface area contributed by atoms with Crippen molar-refractivity contribution in [3.63, 3.8) is 0 Å². The third-order valence-corrected chi connectivity index (χ3v) is 3.64. The average molecular weight is 305 g/mol. The van der Waals surface area contributed by atoms with Crippen LogP contribution in [0.25, 0.3) is 0 Å². The van der Waals surface area contributed by atoms with Gasteiger partial charge in [0.15, 0.2) is 5.96 Å². The van der Waals surface area contributed by atoms with Gasteiger partial charge in [-0.1, -0.05) is 11.6 Å². The highest BCUT2D eigenvalue weighted by atomic mass is 35.5. The first kappa shape index (κ1) is 15.7. The Morgan fingerprint density at radius 2 is 2.26 bits per heavy atom. The Morgan fingerprint density at radius 1 is 1.53 bits per heavy atom. The fourth-order valence-corrected chi connectivity index (χ4v) is 2.32. The Bertz CT molecular complexity index is 450. The number of aliphatic hydroxyl groups is 1. The van der Waals surface area contributed by atoms with Crippen LogP contribution in [0.1, 0.15) is 11.0 Å². The minimum atomic E-state index is -0.670. The van der Waals surface area contributed by atoms with E-state index in [2.05, 4.69) is 20.9 Å². The van der Waals surface area contributed by atoms with Gasteiger partial charge in [-0.25, -0.2) is 0 Å². The van der Waals surface area contributed by atoms with E-state index in [9.17, 15) is 9.90 Å². The first-order chi connectivity index (χ1) is 9.06. The van der Waals surface area contributed by atoms with Crippen LogP contribution in [0.3, 0.4) is 0 Å². The van der Waals surface area contributed by atoms with Crippen LogP contribution in [0.2, 0.25) is 4.34 Å². The molecule has 6 nitrogen and oxygen atoms in total. The van der Waals surface area contributed by atoms with Crippen LogP contribution < -0.4 is 16.0 Å². The summed E-state index contributed by atoms with van der Waals surface area (Å²) in [5.41, 5.74) is 0. The van der Waals surface area contributed by atoms with Gasteiger partial charge in [0, 0.05) is 25.5 Å². The maximum atomic E-state index is 11.1. The molecule has 1 heterocycles. The number of aliphatic imine (C=N–C) groups is 1. The molecule has 0 saturated carbocycles. The van der Waals surface area contributed by atoms with Gasteiger partial charge in [-0.15, -0.1) is 11.3 Å². The zero-order valence-corrected chi connectivity index (χ0v) is 12.3. The van der Waals surface area contributed by atoms with Gasteiger partial charge in [-0.05, 0) is 12.1 Å². The minimum Gasteiger partial charge on any atom is -0.386 e. The molecule has 0 aromatic carbocycles. The smallest absolute Gasteiger partial charge is 0.239 e. The number of thiophene rings is 1. The number of guanidine groups is 1. The fourth-order valence-electron chi connectivity index (χ4n) is 1.27. The number of rotatable bonds is 5. The Hall–Kier alpha value is -1.31. The van der Waals surface area contributed by atoms with Crippen LogP contribution in [0.4, 0.5) is 0 Å². The molecule has 0 saturated heterocycles. The van der Waals surface area contributed by atoms with Crippen molar-refractivity contribution in [3.8, 4) is 0 Å². The van der Waals surface area contributed by atoms with Gasteiger partial charge in [-0.2, -0.15) is 0 Å². The van der Waals surface area contributed by atoms with Gasteiger partial charge in [-0.3, -0.25) is 9.79 Å². The number of hydrogen-bond donors (Lipinski definition) is 4. The fraction of sp³-hybridized carbons (Fsp3) is 0.455. The van der Waals surface area contributed by atoms with E-state index in [4.69, 9.17) is 11.6 Å². The molecule has 1 atom stereocenters. The lowest BCUT2D eigenvalue weighted by Crippen LogP contribution is -2.43. The van der Waals surface area contributed by atoms with E-state index < -0.39 is 6.10 Å². The van der Waals surface area contributed by atoms with Crippen molar-refractivity contribution in [2.75, 3.05) is 27.2 Å². The predicted octanol–water partition coefficient (Wildman–Crippen LogP) is 0.346. The largest absolute Gasteiger partial charge is 0.386 e. The second-order valence-corrected chi connectivity index (χ2v) is 5.38. The lowest BCUT2D eigenvalue weighted by molar-refractivity contribution is -0.119. The summed E-state index contributed by atoms with van der Waals surface area (Å²) in [4.78, 5) is 15.8. The topological polar surface area (TPSA) is 85.8 Å². The molecule has 1 amide bonds. The molecule has 1 rings (SSSR count). The van der Waals surface area contributed by atoms with Crippen molar-refractivity contribution < 1.29 is 9.90 Å². The number of carbonyl (C=O) groups is 1. The Kier molecular flexibility index (Phi) is 6.61. The molecule has 1 aromatic heterocycles. The maximum absolute atomic E-state index is 11.1. The SMILES string of the molecule is CN=C(NCC(=O)NC)NCC(O)c1ccc(Cl)s1. The van der Waals surface area contributed by atoms with Crippen LogP contribution in [-0.2, 0) is 4.79 Å². The molecule has 0 aliphatic rings. The van der Waals surface area contributed by atoms with E-state index in [0.29, 0.717) is 10.3 Å². The van der Waals surface area contributed by atoms with Gasteiger partial charge < -0.3 is 21.1 Å². The van der Waals surface area contributed by atoms with Crippen LogP contribution in [-0.4, -0.2) is 44.2 Å². The van der Waals surface area contributed by atoms with Gasteiger partial charge in [0.25, 0.3) is 0 Å².